The maximum absolute atomic E-state index is 9.24. The van der Waals surface area contributed by atoms with E-state index in [1.54, 1.807) is 11.3 Å². The lowest BCUT2D eigenvalue weighted by Crippen LogP contribution is -2.05. The molecule has 3 aromatic heterocycles. The molecule has 0 bridgehead atoms. The molecule has 0 radical (unpaired) electrons. The third kappa shape index (κ3) is 3.05. The summed E-state index contributed by atoms with van der Waals surface area (Å²) in [5.41, 5.74) is 5.37. The standard InChI is InChI=1S/C20H21N3OS/c1-2-3-4-18-22-17-11-21-16-9-10-25-20(16)19(17)23(18)12-14-5-7-15(13-24)8-6-14/h5-11,24H,2-4,12-13H2,1H3. The third-order valence-corrected chi connectivity index (χ3v) is 5.47. The Morgan fingerprint density at radius 3 is 2.64 bits per heavy atom. The van der Waals surface area contributed by atoms with E-state index in [2.05, 4.69) is 40.1 Å². The highest BCUT2D eigenvalue weighted by atomic mass is 32.1. The van der Waals surface area contributed by atoms with Crippen LogP contribution in [-0.4, -0.2) is 19.6 Å². The molecule has 0 aliphatic carbocycles. The first-order valence-electron chi connectivity index (χ1n) is 8.70. The molecule has 0 saturated carbocycles. The molecule has 4 aromatic rings. The molecule has 3 heterocycles. The van der Waals surface area contributed by atoms with Crippen molar-refractivity contribution >= 4 is 32.6 Å². The van der Waals surface area contributed by atoms with Gasteiger partial charge in [0.25, 0.3) is 0 Å². The van der Waals surface area contributed by atoms with Gasteiger partial charge in [-0.3, -0.25) is 4.98 Å². The monoisotopic (exact) mass is 351 g/mol. The topological polar surface area (TPSA) is 50.9 Å². The van der Waals surface area contributed by atoms with Crippen molar-refractivity contribution < 1.29 is 5.11 Å². The van der Waals surface area contributed by atoms with E-state index >= 15 is 0 Å². The molecular formula is C20H21N3OS. The van der Waals surface area contributed by atoms with Gasteiger partial charge in [-0.15, -0.1) is 11.3 Å². The van der Waals surface area contributed by atoms with Crippen LogP contribution in [0.15, 0.2) is 41.9 Å². The zero-order valence-electron chi connectivity index (χ0n) is 14.3. The van der Waals surface area contributed by atoms with Gasteiger partial charge in [0.2, 0.25) is 0 Å². The van der Waals surface area contributed by atoms with Gasteiger partial charge in [-0.05, 0) is 29.0 Å². The van der Waals surface area contributed by atoms with Crippen LogP contribution in [0.2, 0.25) is 0 Å². The molecule has 0 saturated heterocycles. The lowest BCUT2D eigenvalue weighted by Gasteiger charge is -2.10. The molecule has 0 spiro atoms. The maximum Gasteiger partial charge on any atom is 0.110 e. The summed E-state index contributed by atoms with van der Waals surface area (Å²) in [6.07, 6.45) is 5.16. The van der Waals surface area contributed by atoms with E-state index < -0.39 is 0 Å². The van der Waals surface area contributed by atoms with Crippen LogP contribution in [0, 0.1) is 0 Å². The van der Waals surface area contributed by atoms with Crippen molar-refractivity contribution in [2.45, 2.75) is 39.3 Å². The SMILES string of the molecule is CCCCc1nc2cnc3ccsc3c2n1Cc1ccc(CO)cc1. The molecule has 5 heteroatoms. The fourth-order valence-electron chi connectivity index (χ4n) is 3.19. The zero-order chi connectivity index (χ0) is 17.2. The highest BCUT2D eigenvalue weighted by Crippen LogP contribution is 2.30. The molecule has 0 aliphatic heterocycles. The first-order chi connectivity index (χ1) is 12.3. The summed E-state index contributed by atoms with van der Waals surface area (Å²) < 4.78 is 3.55. The van der Waals surface area contributed by atoms with Crippen molar-refractivity contribution in [3.05, 3.63) is 58.9 Å². The van der Waals surface area contributed by atoms with E-state index in [4.69, 9.17) is 4.98 Å². The van der Waals surface area contributed by atoms with Gasteiger partial charge in [0.1, 0.15) is 11.3 Å². The predicted molar refractivity (Wildman–Crippen MR) is 103 cm³/mol. The van der Waals surface area contributed by atoms with E-state index in [-0.39, 0.29) is 6.61 Å². The first kappa shape index (κ1) is 16.2. The Bertz CT molecular complexity index is 1000. The number of aryl methyl sites for hydroxylation is 1. The number of nitrogens with zero attached hydrogens (tertiary/aromatic N) is 3. The molecule has 0 amide bonds. The number of hydrogen-bond acceptors (Lipinski definition) is 4. The molecule has 1 aromatic carbocycles. The number of hydrogen-bond donors (Lipinski definition) is 1. The number of aliphatic hydroxyl groups is 1. The second-order valence-electron chi connectivity index (χ2n) is 6.32. The van der Waals surface area contributed by atoms with Gasteiger partial charge in [0.15, 0.2) is 0 Å². The lowest BCUT2D eigenvalue weighted by molar-refractivity contribution is 0.282. The summed E-state index contributed by atoms with van der Waals surface area (Å²) in [5.74, 6) is 1.13. The van der Waals surface area contributed by atoms with Gasteiger partial charge in [-0.2, -0.15) is 0 Å². The minimum Gasteiger partial charge on any atom is -0.392 e. The third-order valence-electron chi connectivity index (χ3n) is 4.56. The number of fused-ring (bicyclic) bond motifs is 3. The Morgan fingerprint density at radius 1 is 1.08 bits per heavy atom. The van der Waals surface area contributed by atoms with Gasteiger partial charge < -0.3 is 9.67 Å². The van der Waals surface area contributed by atoms with Gasteiger partial charge in [0, 0.05) is 13.0 Å². The molecule has 0 unspecified atom stereocenters. The number of rotatable bonds is 6. The number of aromatic nitrogens is 3. The summed E-state index contributed by atoms with van der Waals surface area (Å²) in [6, 6.07) is 10.2. The Balaban J connectivity index is 1.83. The molecule has 25 heavy (non-hydrogen) atoms. The number of thiophene rings is 1. The van der Waals surface area contributed by atoms with E-state index in [0.29, 0.717) is 0 Å². The van der Waals surface area contributed by atoms with Crippen molar-refractivity contribution in [3.63, 3.8) is 0 Å². The van der Waals surface area contributed by atoms with Crippen LogP contribution in [0.5, 0.6) is 0 Å². The van der Waals surface area contributed by atoms with Crippen LogP contribution in [0.25, 0.3) is 21.3 Å². The lowest BCUT2D eigenvalue weighted by atomic mass is 10.1. The average Bonchev–Trinajstić information content (AvgIpc) is 3.25. The van der Waals surface area contributed by atoms with E-state index in [0.717, 1.165) is 48.2 Å². The fraction of sp³-hybridized carbons (Fsp3) is 0.300. The number of benzene rings is 1. The second-order valence-corrected chi connectivity index (χ2v) is 7.24. The Morgan fingerprint density at radius 2 is 1.88 bits per heavy atom. The van der Waals surface area contributed by atoms with E-state index in [1.807, 2.05) is 18.3 Å². The van der Waals surface area contributed by atoms with Crippen molar-refractivity contribution in [1.82, 2.24) is 14.5 Å². The maximum atomic E-state index is 9.24. The Hall–Kier alpha value is -2.24. The van der Waals surface area contributed by atoms with Gasteiger partial charge in [-0.1, -0.05) is 37.6 Å². The largest absolute Gasteiger partial charge is 0.392 e. The highest BCUT2D eigenvalue weighted by molar-refractivity contribution is 7.18. The normalized spacial score (nSPS) is 11.6. The highest BCUT2D eigenvalue weighted by Gasteiger charge is 2.15. The summed E-state index contributed by atoms with van der Waals surface area (Å²) in [6.45, 7) is 3.08. The molecule has 1 N–H and O–H groups in total. The van der Waals surface area contributed by atoms with Crippen molar-refractivity contribution in [1.29, 1.82) is 0 Å². The number of pyridine rings is 1. The van der Waals surface area contributed by atoms with E-state index in [1.165, 1.54) is 15.8 Å². The number of aliphatic hydroxyl groups excluding tert-OH is 1. The smallest absolute Gasteiger partial charge is 0.110 e. The van der Waals surface area contributed by atoms with E-state index in [9.17, 15) is 5.11 Å². The van der Waals surface area contributed by atoms with Gasteiger partial charge in [-0.25, -0.2) is 4.98 Å². The zero-order valence-corrected chi connectivity index (χ0v) is 15.1. The Kier molecular flexibility index (Phi) is 4.51. The minimum atomic E-state index is 0.0809. The molecular weight excluding hydrogens is 330 g/mol. The van der Waals surface area contributed by atoms with Crippen LogP contribution in [-0.2, 0) is 19.6 Å². The van der Waals surface area contributed by atoms with Crippen LogP contribution >= 0.6 is 11.3 Å². The minimum absolute atomic E-state index is 0.0809. The molecule has 0 fully saturated rings. The molecule has 0 aliphatic rings. The number of unbranched alkanes of at least 4 members (excludes halogenated alkanes) is 1. The van der Waals surface area contributed by atoms with Crippen LogP contribution < -0.4 is 0 Å². The second kappa shape index (κ2) is 6.94. The average molecular weight is 351 g/mol. The van der Waals surface area contributed by atoms with Crippen LogP contribution in [0.4, 0.5) is 0 Å². The quantitative estimate of drug-likeness (QED) is 0.555. The van der Waals surface area contributed by atoms with Gasteiger partial charge >= 0.3 is 0 Å². The first-order valence-corrected chi connectivity index (χ1v) is 9.58. The van der Waals surface area contributed by atoms with Crippen LogP contribution in [0.3, 0.4) is 0 Å². The molecule has 4 rings (SSSR count). The van der Waals surface area contributed by atoms with Crippen molar-refractivity contribution in [2.75, 3.05) is 0 Å². The molecule has 4 nitrogen and oxygen atoms in total. The van der Waals surface area contributed by atoms with Crippen molar-refractivity contribution in [2.24, 2.45) is 0 Å². The number of imidazole rings is 1. The van der Waals surface area contributed by atoms with Crippen molar-refractivity contribution in [3.8, 4) is 0 Å². The summed E-state index contributed by atoms with van der Waals surface area (Å²) in [7, 11) is 0. The molecule has 128 valence electrons. The summed E-state index contributed by atoms with van der Waals surface area (Å²) >= 11 is 1.73. The predicted octanol–water partition coefficient (Wildman–Crippen LogP) is 4.53. The Labute approximate surface area is 150 Å². The molecule has 0 atom stereocenters. The van der Waals surface area contributed by atoms with Gasteiger partial charge in [0.05, 0.1) is 28.5 Å². The summed E-state index contributed by atoms with van der Waals surface area (Å²) in [5, 5.41) is 11.3. The summed E-state index contributed by atoms with van der Waals surface area (Å²) in [4.78, 5) is 9.42. The van der Waals surface area contributed by atoms with Crippen LogP contribution in [0.1, 0.15) is 36.7 Å². The fourth-order valence-corrected chi connectivity index (χ4v) is 4.09.